The maximum Gasteiger partial charge on any atom is 0.269 e. The van der Waals surface area contributed by atoms with Crippen LogP contribution in [-0.2, 0) is 0 Å². The Morgan fingerprint density at radius 1 is 0.938 bits per heavy atom. The van der Waals surface area contributed by atoms with Crippen LogP contribution in [0.1, 0.15) is 15.2 Å². The van der Waals surface area contributed by atoms with Crippen LogP contribution in [0.15, 0.2) is 85.1 Å². The number of carbonyl (C=O) groups excluding carboxylic acids is 1. The van der Waals surface area contributed by atoms with Crippen molar-refractivity contribution in [3.8, 4) is 22.4 Å². The quantitative estimate of drug-likeness (QED) is 0.353. The normalized spacial score (nSPS) is 10.9. The highest BCUT2D eigenvalue weighted by atomic mass is 32.1. The monoisotopic (exact) mass is 436 g/mol. The van der Waals surface area contributed by atoms with Crippen molar-refractivity contribution >= 4 is 39.0 Å². The Kier molecular flexibility index (Phi) is 5.13. The number of rotatable bonds is 4. The number of benzene rings is 2. The Hall–Kier alpha value is -4.03. The van der Waals surface area contributed by atoms with Crippen LogP contribution in [0.2, 0.25) is 0 Å². The lowest BCUT2D eigenvalue weighted by Gasteiger charge is -2.09. The van der Waals surface area contributed by atoms with E-state index < -0.39 is 0 Å². The van der Waals surface area contributed by atoms with Gasteiger partial charge in [-0.15, -0.1) is 11.3 Å². The molecule has 3 N–H and O–H groups in total. The van der Waals surface area contributed by atoms with E-state index in [1.807, 2.05) is 85.8 Å². The summed E-state index contributed by atoms with van der Waals surface area (Å²) in [5, 5.41) is 3.68. The Labute approximate surface area is 189 Å². The number of nitrogens with two attached hydrogens (primary N) is 1. The van der Waals surface area contributed by atoms with Gasteiger partial charge in [-0.3, -0.25) is 4.79 Å². The standard InChI is InChI=1S/C26H20N4OS/c1-16-9-8-14-28-24(16)30-25(31)23-22(27)21-19(17-10-4-2-5-11-17)15-20(29-26(21)32-23)18-12-6-3-7-13-18/h2-15H,27H2,1H3,(H,28,30,31). The van der Waals surface area contributed by atoms with E-state index in [2.05, 4.69) is 10.3 Å². The van der Waals surface area contributed by atoms with Gasteiger partial charge in [0.25, 0.3) is 5.91 Å². The van der Waals surface area contributed by atoms with Gasteiger partial charge >= 0.3 is 0 Å². The van der Waals surface area contributed by atoms with E-state index >= 15 is 0 Å². The van der Waals surface area contributed by atoms with Crippen LogP contribution in [0.25, 0.3) is 32.6 Å². The minimum atomic E-state index is -0.285. The molecule has 3 aromatic heterocycles. The molecule has 0 atom stereocenters. The van der Waals surface area contributed by atoms with E-state index in [1.165, 1.54) is 11.3 Å². The maximum absolute atomic E-state index is 13.1. The third-order valence-corrected chi connectivity index (χ3v) is 6.40. The van der Waals surface area contributed by atoms with Crippen LogP contribution >= 0.6 is 11.3 Å². The molecular formula is C26H20N4OS. The predicted octanol–water partition coefficient (Wildman–Crippen LogP) is 6.17. The van der Waals surface area contributed by atoms with Crippen molar-refractivity contribution in [1.82, 2.24) is 9.97 Å². The van der Waals surface area contributed by atoms with Crippen LogP contribution in [0, 0.1) is 6.92 Å². The zero-order valence-corrected chi connectivity index (χ0v) is 18.2. The lowest BCUT2D eigenvalue weighted by atomic mass is 9.99. The van der Waals surface area contributed by atoms with Crippen molar-refractivity contribution in [3.63, 3.8) is 0 Å². The van der Waals surface area contributed by atoms with Gasteiger partial charge in [0.05, 0.1) is 11.4 Å². The number of fused-ring (bicyclic) bond motifs is 1. The molecule has 32 heavy (non-hydrogen) atoms. The topological polar surface area (TPSA) is 80.9 Å². The number of aromatic nitrogens is 2. The minimum absolute atomic E-state index is 0.285. The second kappa shape index (κ2) is 8.24. The van der Waals surface area contributed by atoms with Crippen LogP contribution in [0.3, 0.4) is 0 Å². The Bertz CT molecular complexity index is 1430. The van der Waals surface area contributed by atoms with E-state index in [0.717, 1.165) is 38.2 Å². The van der Waals surface area contributed by atoms with E-state index in [-0.39, 0.29) is 5.91 Å². The van der Waals surface area contributed by atoms with Gasteiger partial charge in [-0.2, -0.15) is 0 Å². The predicted molar refractivity (Wildman–Crippen MR) is 132 cm³/mol. The average Bonchev–Trinajstić information content (AvgIpc) is 3.17. The van der Waals surface area contributed by atoms with Gasteiger partial charge in [-0.25, -0.2) is 9.97 Å². The average molecular weight is 437 g/mol. The van der Waals surface area contributed by atoms with Crippen LogP contribution in [0.5, 0.6) is 0 Å². The molecule has 0 fully saturated rings. The summed E-state index contributed by atoms with van der Waals surface area (Å²) >= 11 is 1.30. The number of pyridine rings is 2. The van der Waals surface area contributed by atoms with Gasteiger partial charge in [-0.1, -0.05) is 66.7 Å². The van der Waals surface area contributed by atoms with Crippen molar-refractivity contribution in [1.29, 1.82) is 0 Å². The number of nitrogens with zero attached hydrogens (tertiary/aromatic N) is 2. The van der Waals surface area contributed by atoms with Crippen LogP contribution < -0.4 is 11.1 Å². The number of nitrogen functional groups attached to an aromatic ring is 1. The van der Waals surface area contributed by atoms with E-state index in [1.54, 1.807) is 6.20 Å². The van der Waals surface area contributed by atoms with E-state index in [4.69, 9.17) is 10.7 Å². The first kappa shape index (κ1) is 19.9. The highest BCUT2D eigenvalue weighted by Gasteiger charge is 2.22. The summed E-state index contributed by atoms with van der Waals surface area (Å²) in [5.74, 6) is 0.239. The third-order valence-electron chi connectivity index (χ3n) is 5.30. The molecule has 156 valence electrons. The van der Waals surface area contributed by atoms with Crippen molar-refractivity contribution in [2.24, 2.45) is 0 Å². The number of hydrogen-bond acceptors (Lipinski definition) is 5. The van der Waals surface area contributed by atoms with Gasteiger partial charge in [0, 0.05) is 17.1 Å². The molecule has 5 rings (SSSR count). The first-order chi connectivity index (χ1) is 15.6. The van der Waals surface area contributed by atoms with Gasteiger partial charge in [-0.05, 0) is 35.7 Å². The number of carbonyl (C=O) groups is 1. The number of anilines is 2. The van der Waals surface area contributed by atoms with Crippen molar-refractivity contribution in [2.75, 3.05) is 11.1 Å². The summed E-state index contributed by atoms with van der Waals surface area (Å²) in [6.45, 7) is 1.90. The highest BCUT2D eigenvalue weighted by molar-refractivity contribution is 7.21. The molecule has 2 aromatic carbocycles. The van der Waals surface area contributed by atoms with Gasteiger partial charge in [0.2, 0.25) is 0 Å². The fourth-order valence-electron chi connectivity index (χ4n) is 3.67. The molecule has 0 radical (unpaired) electrons. The van der Waals surface area contributed by atoms with Gasteiger partial charge < -0.3 is 11.1 Å². The molecule has 0 unspecified atom stereocenters. The number of aryl methyl sites for hydroxylation is 1. The van der Waals surface area contributed by atoms with Crippen molar-refractivity contribution in [3.05, 3.63) is 95.5 Å². The molecule has 0 bridgehead atoms. The largest absolute Gasteiger partial charge is 0.397 e. The van der Waals surface area contributed by atoms with E-state index in [9.17, 15) is 4.79 Å². The first-order valence-corrected chi connectivity index (χ1v) is 11.0. The fraction of sp³-hybridized carbons (Fsp3) is 0.0385. The molecule has 0 aliphatic rings. The molecule has 5 aromatic rings. The Morgan fingerprint density at radius 3 is 2.31 bits per heavy atom. The van der Waals surface area contributed by atoms with E-state index in [0.29, 0.717) is 16.4 Å². The summed E-state index contributed by atoms with van der Waals surface area (Å²) in [4.78, 5) is 23.4. The SMILES string of the molecule is Cc1cccnc1NC(=O)c1sc2nc(-c3ccccc3)cc(-c3ccccc3)c2c1N. The molecule has 6 heteroatoms. The Morgan fingerprint density at radius 2 is 1.62 bits per heavy atom. The third kappa shape index (κ3) is 3.61. The molecule has 5 nitrogen and oxygen atoms in total. The summed E-state index contributed by atoms with van der Waals surface area (Å²) in [5.41, 5.74) is 11.7. The van der Waals surface area contributed by atoms with Crippen LogP contribution in [0.4, 0.5) is 11.5 Å². The zero-order valence-electron chi connectivity index (χ0n) is 17.4. The minimum Gasteiger partial charge on any atom is -0.397 e. The zero-order chi connectivity index (χ0) is 22.1. The molecule has 3 heterocycles. The summed E-state index contributed by atoms with van der Waals surface area (Å²) < 4.78 is 0. The Balaban J connectivity index is 1.68. The second-order valence-electron chi connectivity index (χ2n) is 7.44. The lowest BCUT2D eigenvalue weighted by Crippen LogP contribution is -2.13. The molecule has 0 aliphatic carbocycles. The number of nitrogens with one attached hydrogen (secondary N) is 1. The summed E-state index contributed by atoms with van der Waals surface area (Å²) in [6.07, 6.45) is 1.65. The van der Waals surface area contributed by atoms with Gasteiger partial charge in [0.1, 0.15) is 15.5 Å². The molecule has 0 spiro atoms. The van der Waals surface area contributed by atoms with Crippen molar-refractivity contribution in [2.45, 2.75) is 6.92 Å². The number of amides is 1. The molecule has 0 aliphatic heterocycles. The summed E-state index contributed by atoms with van der Waals surface area (Å²) in [6, 6.07) is 25.8. The highest BCUT2D eigenvalue weighted by Crippen LogP contribution is 2.41. The number of thiophene rings is 1. The molecule has 0 saturated heterocycles. The molecule has 0 saturated carbocycles. The first-order valence-electron chi connectivity index (χ1n) is 10.2. The maximum atomic E-state index is 13.1. The number of hydrogen-bond donors (Lipinski definition) is 2. The molecule has 1 amide bonds. The fourth-order valence-corrected chi connectivity index (χ4v) is 4.69. The molecular weight excluding hydrogens is 416 g/mol. The second-order valence-corrected chi connectivity index (χ2v) is 8.43. The van der Waals surface area contributed by atoms with Gasteiger partial charge in [0.15, 0.2) is 0 Å². The van der Waals surface area contributed by atoms with Crippen LogP contribution in [-0.4, -0.2) is 15.9 Å². The van der Waals surface area contributed by atoms with Crippen molar-refractivity contribution < 1.29 is 4.79 Å². The summed E-state index contributed by atoms with van der Waals surface area (Å²) in [7, 11) is 0. The lowest BCUT2D eigenvalue weighted by molar-refractivity contribution is 0.103. The smallest absolute Gasteiger partial charge is 0.269 e.